The van der Waals surface area contributed by atoms with Crippen LogP contribution in [0.2, 0.25) is 0 Å². The van der Waals surface area contributed by atoms with Gasteiger partial charge in [-0.3, -0.25) is 0 Å². The number of rotatable bonds is 6. The van der Waals surface area contributed by atoms with Crippen molar-refractivity contribution in [3.8, 4) is 0 Å². The van der Waals surface area contributed by atoms with E-state index in [1.807, 2.05) is 6.92 Å². The Morgan fingerprint density at radius 1 is 1.26 bits per heavy atom. The second-order valence-corrected chi connectivity index (χ2v) is 5.38. The van der Waals surface area contributed by atoms with Crippen molar-refractivity contribution in [3.05, 3.63) is 17.6 Å². The summed E-state index contributed by atoms with van der Waals surface area (Å²) in [6, 6.07) is 0.518. The van der Waals surface area contributed by atoms with Crippen LogP contribution in [-0.2, 0) is 18.7 Å². The number of hydrogen-bond donors (Lipinski definition) is 1. The minimum absolute atomic E-state index is 0.421. The van der Waals surface area contributed by atoms with Crippen LogP contribution in [0.4, 0.5) is 0 Å². The van der Waals surface area contributed by atoms with Crippen molar-refractivity contribution in [1.82, 2.24) is 25.0 Å². The first-order chi connectivity index (χ1) is 9.31. The fourth-order valence-corrected chi connectivity index (χ4v) is 2.72. The summed E-state index contributed by atoms with van der Waals surface area (Å²) in [6.45, 7) is 2.41. The second kappa shape index (κ2) is 5.30. The second-order valence-electron chi connectivity index (χ2n) is 4.44. The van der Waals surface area contributed by atoms with Crippen molar-refractivity contribution in [2.75, 3.05) is 0 Å². The molecule has 2 heterocycles. The molecule has 0 aliphatic heterocycles. The molecule has 2 N–H and O–H groups in total. The van der Waals surface area contributed by atoms with Crippen LogP contribution in [0.3, 0.4) is 0 Å². The van der Waals surface area contributed by atoms with Gasteiger partial charge in [-0.2, -0.15) is 0 Å². The topological polar surface area (TPSA) is 95.6 Å². The summed E-state index contributed by atoms with van der Waals surface area (Å²) in [5, 5.41) is 17.2. The highest BCUT2D eigenvalue weighted by Crippen LogP contribution is 2.39. The Hall–Kier alpha value is -1.41. The van der Waals surface area contributed by atoms with E-state index in [4.69, 9.17) is 10.2 Å². The van der Waals surface area contributed by atoms with Gasteiger partial charge in [-0.15, -0.1) is 20.4 Å². The molecule has 0 unspecified atom stereocenters. The third-order valence-electron chi connectivity index (χ3n) is 2.97. The lowest BCUT2D eigenvalue weighted by Crippen LogP contribution is -2.08. The average molecular weight is 280 g/mol. The highest BCUT2D eigenvalue weighted by Gasteiger charge is 2.29. The van der Waals surface area contributed by atoms with Gasteiger partial charge in [0.05, 0.1) is 12.3 Å². The third kappa shape index (κ3) is 2.64. The lowest BCUT2D eigenvalue weighted by Gasteiger charge is -2.06. The molecular weight excluding hydrogens is 264 g/mol. The van der Waals surface area contributed by atoms with Gasteiger partial charge < -0.3 is 14.7 Å². The highest BCUT2D eigenvalue weighted by atomic mass is 32.2. The molecule has 1 saturated carbocycles. The summed E-state index contributed by atoms with van der Waals surface area (Å²) >= 11 is 1.57. The minimum atomic E-state index is 0.421. The Bertz CT molecular complexity index is 561. The van der Waals surface area contributed by atoms with Crippen molar-refractivity contribution in [2.24, 2.45) is 5.73 Å². The van der Waals surface area contributed by atoms with Gasteiger partial charge >= 0.3 is 0 Å². The van der Waals surface area contributed by atoms with Crippen molar-refractivity contribution in [1.29, 1.82) is 0 Å². The molecule has 0 saturated heterocycles. The van der Waals surface area contributed by atoms with Crippen molar-refractivity contribution in [3.63, 3.8) is 0 Å². The number of hydrogen-bond acceptors (Lipinski definition) is 7. The zero-order valence-corrected chi connectivity index (χ0v) is 11.6. The maximum Gasteiger partial charge on any atom is 0.226 e. The molecule has 0 bridgehead atoms. The van der Waals surface area contributed by atoms with Gasteiger partial charge in [0.2, 0.25) is 11.8 Å². The van der Waals surface area contributed by atoms with Crippen molar-refractivity contribution >= 4 is 11.8 Å². The first-order valence-corrected chi connectivity index (χ1v) is 7.38. The number of thioether (sulfide) groups is 1. The Kier molecular flexibility index (Phi) is 3.52. The summed E-state index contributed by atoms with van der Waals surface area (Å²) < 4.78 is 7.62. The van der Waals surface area contributed by atoms with E-state index in [1.165, 1.54) is 12.8 Å². The van der Waals surface area contributed by atoms with E-state index in [0.717, 1.165) is 17.4 Å². The quantitative estimate of drug-likeness (QED) is 0.797. The molecular formula is C11H16N6OS. The van der Waals surface area contributed by atoms with Crippen LogP contribution in [0.25, 0.3) is 0 Å². The standard InChI is InChI=1S/C11H16N6OS/c1-2-9-14-15-10(18-9)6-19-11-16-13-8(5-12)17(11)7-3-4-7/h7H,2-6,12H2,1H3. The molecule has 102 valence electrons. The van der Waals surface area contributed by atoms with Crippen LogP contribution in [0.5, 0.6) is 0 Å². The van der Waals surface area contributed by atoms with Crippen LogP contribution in [0.1, 0.15) is 43.4 Å². The van der Waals surface area contributed by atoms with Gasteiger partial charge in [0.1, 0.15) is 5.82 Å². The van der Waals surface area contributed by atoms with E-state index < -0.39 is 0 Å². The summed E-state index contributed by atoms with van der Waals surface area (Å²) in [5.41, 5.74) is 5.68. The zero-order chi connectivity index (χ0) is 13.2. The van der Waals surface area contributed by atoms with E-state index in [-0.39, 0.29) is 0 Å². The Balaban J connectivity index is 1.71. The maximum atomic E-state index is 5.68. The fraction of sp³-hybridized carbons (Fsp3) is 0.636. The summed E-state index contributed by atoms with van der Waals surface area (Å²) in [4.78, 5) is 0. The molecule has 0 aromatic carbocycles. The lowest BCUT2D eigenvalue weighted by atomic mass is 10.5. The average Bonchev–Trinajstić information content (AvgIpc) is 3.03. The molecule has 19 heavy (non-hydrogen) atoms. The number of aromatic nitrogens is 5. The molecule has 0 amide bonds. The van der Waals surface area contributed by atoms with E-state index >= 15 is 0 Å². The van der Waals surface area contributed by atoms with E-state index in [9.17, 15) is 0 Å². The molecule has 2 aromatic rings. The largest absolute Gasteiger partial charge is 0.424 e. The molecule has 2 aromatic heterocycles. The zero-order valence-electron chi connectivity index (χ0n) is 10.7. The SMILES string of the molecule is CCc1nnc(CSc2nnc(CN)n2C2CC2)o1. The van der Waals surface area contributed by atoms with E-state index in [1.54, 1.807) is 11.8 Å². The molecule has 0 spiro atoms. The normalized spacial score (nSPS) is 15.1. The molecule has 1 aliphatic carbocycles. The fourth-order valence-electron chi connectivity index (χ4n) is 1.86. The monoisotopic (exact) mass is 280 g/mol. The van der Waals surface area contributed by atoms with Crippen molar-refractivity contribution < 1.29 is 4.42 Å². The van der Waals surface area contributed by atoms with Gasteiger partial charge in [0, 0.05) is 12.5 Å². The molecule has 1 aliphatic rings. The smallest absolute Gasteiger partial charge is 0.226 e. The van der Waals surface area contributed by atoms with Crippen LogP contribution in [0.15, 0.2) is 9.57 Å². The van der Waals surface area contributed by atoms with E-state index in [0.29, 0.717) is 30.1 Å². The lowest BCUT2D eigenvalue weighted by molar-refractivity contribution is 0.469. The predicted molar refractivity (Wildman–Crippen MR) is 69.4 cm³/mol. The molecule has 8 heteroatoms. The van der Waals surface area contributed by atoms with Gasteiger partial charge in [-0.25, -0.2) is 0 Å². The third-order valence-corrected chi connectivity index (χ3v) is 3.89. The van der Waals surface area contributed by atoms with Crippen LogP contribution >= 0.6 is 11.8 Å². The maximum absolute atomic E-state index is 5.68. The number of aryl methyl sites for hydroxylation is 1. The van der Waals surface area contributed by atoms with Gasteiger partial charge in [-0.05, 0) is 12.8 Å². The predicted octanol–water partition coefficient (Wildman–Crippen LogP) is 1.31. The number of nitrogens with zero attached hydrogens (tertiary/aromatic N) is 5. The van der Waals surface area contributed by atoms with Crippen LogP contribution < -0.4 is 5.73 Å². The summed E-state index contributed by atoms with van der Waals surface area (Å²) in [6.07, 6.45) is 3.12. The number of nitrogens with two attached hydrogens (primary N) is 1. The van der Waals surface area contributed by atoms with Gasteiger partial charge in [-0.1, -0.05) is 18.7 Å². The Morgan fingerprint density at radius 3 is 2.68 bits per heavy atom. The highest BCUT2D eigenvalue weighted by molar-refractivity contribution is 7.98. The molecule has 0 radical (unpaired) electrons. The first-order valence-electron chi connectivity index (χ1n) is 6.39. The van der Waals surface area contributed by atoms with E-state index in [2.05, 4.69) is 25.0 Å². The van der Waals surface area contributed by atoms with Crippen molar-refractivity contribution in [2.45, 2.75) is 49.7 Å². The summed E-state index contributed by atoms with van der Waals surface area (Å²) in [7, 11) is 0. The van der Waals surface area contributed by atoms with Crippen LogP contribution in [0, 0.1) is 0 Å². The van der Waals surface area contributed by atoms with Crippen LogP contribution in [-0.4, -0.2) is 25.0 Å². The molecule has 7 nitrogen and oxygen atoms in total. The Morgan fingerprint density at radius 2 is 2.05 bits per heavy atom. The minimum Gasteiger partial charge on any atom is -0.424 e. The van der Waals surface area contributed by atoms with Gasteiger partial charge in [0.25, 0.3) is 0 Å². The molecule has 3 rings (SSSR count). The molecule has 0 atom stereocenters. The van der Waals surface area contributed by atoms with Gasteiger partial charge in [0.15, 0.2) is 5.16 Å². The molecule has 1 fully saturated rings. The summed E-state index contributed by atoms with van der Waals surface area (Å²) in [5.74, 6) is 2.76. The Labute approximate surface area is 115 Å². The first kappa shape index (κ1) is 12.6.